The molecule has 7 heteroatoms. The minimum Gasteiger partial charge on any atom is -0.350 e. The van der Waals surface area contributed by atoms with Crippen molar-refractivity contribution < 1.29 is 4.79 Å². The van der Waals surface area contributed by atoms with Gasteiger partial charge in [0.15, 0.2) is 0 Å². The van der Waals surface area contributed by atoms with Gasteiger partial charge in [0.1, 0.15) is 5.69 Å². The van der Waals surface area contributed by atoms with E-state index in [-0.39, 0.29) is 5.91 Å². The summed E-state index contributed by atoms with van der Waals surface area (Å²) in [5.74, 6) is 0.0610. The summed E-state index contributed by atoms with van der Waals surface area (Å²) < 4.78 is 1.16. The number of amides is 1. The number of aromatic amines is 1. The average Bonchev–Trinajstić information content (AvgIpc) is 3.20. The number of rotatable bonds is 3. The van der Waals surface area contributed by atoms with Crippen LogP contribution in [0, 0.1) is 0 Å². The van der Waals surface area contributed by atoms with E-state index < -0.39 is 0 Å². The van der Waals surface area contributed by atoms with Crippen LogP contribution in [0.25, 0.3) is 10.9 Å². The molecule has 0 spiro atoms. The van der Waals surface area contributed by atoms with E-state index in [4.69, 9.17) is 11.6 Å². The molecule has 0 atom stereocenters. The number of benzene rings is 1. The largest absolute Gasteiger partial charge is 0.350 e. The van der Waals surface area contributed by atoms with Crippen molar-refractivity contribution >= 4 is 55.7 Å². The maximum Gasteiger partial charge on any atom is 0.270 e. The number of thiophene rings is 1. The van der Waals surface area contributed by atoms with Gasteiger partial charge in [-0.1, -0.05) is 17.7 Å². The molecular formula is C18H17BrClN3OS. The molecule has 4 rings (SSSR count). The molecular weight excluding hydrogens is 422 g/mol. The number of hydrogen-bond acceptors (Lipinski definition) is 3. The SMILES string of the molecule is O=C(c1cc2ccc(Cl)cc2[nH]1)N1CCN(Cc2ccc(Br)s2)CC1. The molecule has 4 nitrogen and oxygen atoms in total. The number of carbonyl (C=O) groups excluding carboxylic acids is 1. The summed E-state index contributed by atoms with van der Waals surface area (Å²) in [4.78, 5) is 21.6. The van der Waals surface area contributed by atoms with E-state index in [0.29, 0.717) is 10.7 Å². The average molecular weight is 439 g/mol. The molecule has 3 heterocycles. The van der Waals surface area contributed by atoms with Crippen LogP contribution in [-0.4, -0.2) is 46.9 Å². The molecule has 1 N–H and O–H groups in total. The van der Waals surface area contributed by atoms with Crippen molar-refractivity contribution in [1.82, 2.24) is 14.8 Å². The first-order valence-corrected chi connectivity index (χ1v) is 10.1. The van der Waals surface area contributed by atoms with Crippen LogP contribution in [0.2, 0.25) is 5.02 Å². The second-order valence-electron chi connectivity index (χ2n) is 6.19. The van der Waals surface area contributed by atoms with Gasteiger partial charge in [0.2, 0.25) is 0 Å². The van der Waals surface area contributed by atoms with Crippen LogP contribution < -0.4 is 0 Å². The lowest BCUT2D eigenvalue weighted by Gasteiger charge is -2.34. The molecule has 1 amide bonds. The van der Waals surface area contributed by atoms with Crippen molar-refractivity contribution in [3.05, 3.63) is 55.8 Å². The van der Waals surface area contributed by atoms with Gasteiger partial charge in [-0.2, -0.15) is 0 Å². The third kappa shape index (κ3) is 3.77. The minimum atomic E-state index is 0.0610. The van der Waals surface area contributed by atoms with Gasteiger partial charge in [-0.3, -0.25) is 9.69 Å². The van der Waals surface area contributed by atoms with E-state index in [0.717, 1.165) is 47.4 Å². The van der Waals surface area contributed by atoms with E-state index in [9.17, 15) is 4.79 Å². The Balaban J connectivity index is 1.40. The van der Waals surface area contributed by atoms with Crippen LogP contribution in [0.4, 0.5) is 0 Å². The first-order chi connectivity index (χ1) is 12.1. The number of fused-ring (bicyclic) bond motifs is 1. The fourth-order valence-corrected chi connectivity index (χ4v) is 4.85. The summed E-state index contributed by atoms with van der Waals surface area (Å²) >= 11 is 11.3. The van der Waals surface area contributed by atoms with Gasteiger partial charge in [0.05, 0.1) is 3.79 Å². The lowest BCUT2D eigenvalue weighted by Crippen LogP contribution is -2.48. The zero-order valence-corrected chi connectivity index (χ0v) is 16.6. The van der Waals surface area contributed by atoms with Crippen LogP contribution in [0.15, 0.2) is 40.2 Å². The van der Waals surface area contributed by atoms with Gasteiger partial charge in [-0.25, -0.2) is 0 Å². The molecule has 1 aromatic carbocycles. The van der Waals surface area contributed by atoms with Gasteiger partial charge >= 0.3 is 0 Å². The highest BCUT2D eigenvalue weighted by atomic mass is 79.9. The molecule has 1 fully saturated rings. The van der Waals surface area contributed by atoms with E-state index >= 15 is 0 Å². The maximum absolute atomic E-state index is 12.8. The Bertz CT molecular complexity index is 914. The summed E-state index contributed by atoms with van der Waals surface area (Å²) in [5.41, 5.74) is 1.53. The van der Waals surface area contributed by atoms with Gasteiger partial charge in [0.25, 0.3) is 5.91 Å². The Morgan fingerprint density at radius 1 is 1.16 bits per heavy atom. The molecule has 0 saturated carbocycles. The first kappa shape index (κ1) is 17.1. The third-order valence-electron chi connectivity index (χ3n) is 4.48. The first-order valence-electron chi connectivity index (χ1n) is 8.12. The topological polar surface area (TPSA) is 39.3 Å². The Hall–Kier alpha value is -1.34. The Labute approximate surface area is 163 Å². The van der Waals surface area contributed by atoms with Gasteiger partial charge in [0, 0.05) is 53.5 Å². The number of nitrogens with zero attached hydrogens (tertiary/aromatic N) is 2. The number of carbonyl (C=O) groups is 1. The molecule has 1 aliphatic rings. The number of aromatic nitrogens is 1. The zero-order valence-electron chi connectivity index (χ0n) is 13.5. The van der Waals surface area contributed by atoms with Gasteiger partial charge in [-0.15, -0.1) is 11.3 Å². The van der Waals surface area contributed by atoms with Crippen LogP contribution in [-0.2, 0) is 6.54 Å². The Morgan fingerprint density at radius 2 is 1.96 bits per heavy atom. The van der Waals surface area contributed by atoms with Crippen molar-refractivity contribution in [2.45, 2.75) is 6.54 Å². The number of H-pyrrole nitrogens is 1. The highest BCUT2D eigenvalue weighted by Gasteiger charge is 2.23. The smallest absolute Gasteiger partial charge is 0.270 e. The molecule has 1 aliphatic heterocycles. The van der Waals surface area contributed by atoms with E-state index in [2.05, 4.69) is 37.9 Å². The van der Waals surface area contributed by atoms with Crippen molar-refractivity contribution in [3.8, 4) is 0 Å². The molecule has 1 saturated heterocycles. The predicted octanol–water partition coefficient (Wildman–Crippen LogP) is 4.60. The highest BCUT2D eigenvalue weighted by Crippen LogP contribution is 2.24. The lowest BCUT2D eigenvalue weighted by molar-refractivity contribution is 0.0625. The molecule has 3 aromatic rings. The third-order valence-corrected chi connectivity index (χ3v) is 6.33. The maximum atomic E-state index is 12.8. The summed E-state index contributed by atoms with van der Waals surface area (Å²) in [5, 5.41) is 1.68. The quantitative estimate of drug-likeness (QED) is 0.649. The summed E-state index contributed by atoms with van der Waals surface area (Å²) in [7, 11) is 0. The van der Waals surface area contributed by atoms with Crippen molar-refractivity contribution in [2.75, 3.05) is 26.2 Å². The van der Waals surface area contributed by atoms with E-state index in [1.54, 1.807) is 11.3 Å². The fraction of sp³-hybridized carbons (Fsp3) is 0.278. The second kappa shape index (κ2) is 7.11. The Morgan fingerprint density at radius 3 is 2.68 bits per heavy atom. The van der Waals surface area contributed by atoms with Crippen molar-refractivity contribution in [1.29, 1.82) is 0 Å². The predicted molar refractivity (Wildman–Crippen MR) is 107 cm³/mol. The minimum absolute atomic E-state index is 0.0610. The molecule has 2 aromatic heterocycles. The van der Waals surface area contributed by atoms with Crippen LogP contribution in [0.1, 0.15) is 15.4 Å². The van der Waals surface area contributed by atoms with E-state index in [1.807, 2.05) is 29.2 Å². The molecule has 0 bridgehead atoms. The highest BCUT2D eigenvalue weighted by molar-refractivity contribution is 9.11. The van der Waals surface area contributed by atoms with Crippen molar-refractivity contribution in [2.24, 2.45) is 0 Å². The molecule has 0 aliphatic carbocycles. The number of piperazine rings is 1. The van der Waals surface area contributed by atoms with Crippen LogP contribution >= 0.6 is 38.9 Å². The zero-order chi connectivity index (χ0) is 17.4. The molecule has 0 unspecified atom stereocenters. The normalized spacial score (nSPS) is 15.8. The molecule has 130 valence electrons. The Kier molecular flexibility index (Phi) is 4.86. The standard InChI is InChI=1S/C18H17BrClN3OS/c19-17-4-3-14(25-17)11-22-5-7-23(8-6-22)18(24)16-9-12-1-2-13(20)10-15(12)21-16/h1-4,9-10,21H,5-8,11H2. The second-order valence-corrected chi connectivity index (χ2v) is 9.17. The summed E-state index contributed by atoms with van der Waals surface area (Å²) in [6.07, 6.45) is 0. The van der Waals surface area contributed by atoms with Crippen molar-refractivity contribution in [3.63, 3.8) is 0 Å². The summed E-state index contributed by atoms with van der Waals surface area (Å²) in [6, 6.07) is 11.8. The van der Waals surface area contributed by atoms with E-state index in [1.165, 1.54) is 4.88 Å². The fourth-order valence-electron chi connectivity index (χ4n) is 3.15. The monoisotopic (exact) mass is 437 g/mol. The van der Waals surface area contributed by atoms with Gasteiger partial charge in [-0.05, 0) is 46.3 Å². The number of halogens is 2. The van der Waals surface area contributed by atoms with Gasteiger partial charge < -0.3 is 9.88 Å². The molecule has 0 radical (unpaired) electrons. The lowest BCUT2D eigenvalue weighted by atomic mass is 10.2. The number of nitrogens with one attached hydrogen (secondary N) is 1. The summed E-state index contributed by atoms with van der Waals surface area (Å²) in [6.45, 7) is 4.24. The molecule has 25 heavy (non-hydrogen) atoms. The van der Waals surface area contributed by atoms with Crippen LogP contribution in [0.3, 0.4) is 0 Å². The van der Waals surface area contributed by atoms with Crippen LogP contribution in [0.5, 0.6) is 0 Å². The number of hydrogen-bond donors (Lipinski definition) is 1.